The molecular weight excluding hydrogens is 314 g/mol. The molecule has 0 bridgehead atoms. The molecule has 128 valence electrons. The van der Waals surface area contributed by atoms with Gasteiger partial charge in [0.25, 0.3) is 0 Å². The first-order chi connectivity index (χ1) is 12.3. The van der Waals surface area contributed by atoms with E-state index in [1.807, 2.05) is 16.9 Å². The second-order valence-electron chi connectivity index (χ2n) is 7.09. The van der Waals surface area contributed by atoms with E-state index in [9.17, 15) is 4.79 Å². The highest BCUT2D eigenvalue weighted by Crippen LogP contribution is 2.26. The number of rotatable bonds is 4. The van der Waals surface area contributed by atoms with Crippen LogP contribution in [0.4, 0.5) is 0 Å². The Morgan fingerprint density at radius 2 is 2.20 bits per heavy atom. The van der Waals surface area contributed by atoms with E-state index in [-0.39, 0.29) is 11.9 Å². The molecule has 1 aliphatic carbocycles. The maximum atomic E-state index is 12.7. The zero-order valence-corrected chi connectivity index (χ0v) is 14.0. The molecule has 1 aromatic carbocycles. The minimum atomic E-state index is -0.246. The van der Waals surface area contributed by atoms with Crippen LogP contribution in [0.25, 0.3) is 10.9 Å². The number of fused-ring (bicyclic) bond motifs is 2. The molecule has 6 nitrogen and oxygen atoms in total. The van der Waals surface area contributed by atoms with E-state index in [0.717, 1.165) is 37.1 Å². The van der Waals surface area contributed by atoms with Crippen LogP contribution in [0.5, 0.6) is 0 Å². The predicted molar refractivity (Wildman–Crippen MR) is 94.8 cm³/mol. The van der Waals surface area contributed by atoms with Crippen LogP contribution >= 0.6 is 0 Å². The quantitative estimate of drug-likeness (QED) is 0.768. The van der Waals surface area contributed by atoms with E-state index < -0.39 is 0 Å². The number of aromatic nitrogens is 3. The summed E-state index contributed by atoms with van der Waals surface area (Å²) in [5.41, 5.74) is 3.54. The average Bonchev–Trinajstić information content (AvgIpc) is 3.11. The Kier molecular flexibility index (Phi) is 3.38. The van der Waals surface area contributed by atoms with E-state index in [1.165, 1.54) is 10.9 Å². The summed E-state index contributed by atoms with van der Waals surface area (Å²) in [7, 11) is 0. The van der Waals surface area contributed by atoms with Crippen molar-refractivity contribution in [1.29, 1.82) is 0 Å². The highest BCUT2D eigenvalue weighted by atomic mass is 16.2. The molecular formula is C19H21N5O. The number of hydrogen-bond acceptors (Lipinski definition) is 3. The number of H-pyrrole nitrogens is 1. The Morgan fingerprint density at radius 1 is 1.28 bits per heavy atom. The molecule has 5 rings (SSSR count). The van der Waals surface area contributed by atoms with Crippen molar-refractivity contribution in [3.63, 3.8) is 0 Å². The zero-order valence-electron chi connectivity index (χ0n) is 14.0. The average molecular weight is 335 g/mol. The molecule has 3 aromatic rings. The van der Waals surface area contributed by atoms with E-state index in [0.29, 0.717) is 12.6 Å². The zero-order chi connectivity index (χ0) is 16.8. The van der Waals surface area contributed by atoms with Crippen molar-refractivity contribution in [3.8, 4) is 0 Å². The Balaban J connectivity index is 1.41. The first-order valence-electron chi connectivity index (χ1n) is 8.88. The van der Waals surface area contributed by atoms with Gasteiger partial charge in [0.2, 0.25) is 5.91 Å². The fourth-order valence-corrected chi connectivity index (χ4v) is 3.73. The van der Waals surface area contributed by atoms with Crippen LogP contribution in [-0.2, 0) is 17.9 Å². The minimum absolute atomic E-state index is 0.0944. The maximum absolute atomic E-state index is 12.7. The second kappa shape index (κ2) is 5.74. The Bertz CT molecular complexity index is 923. The van der Waals surface area contributed by atoms with Gasteiger partial charge >= 0.3 is 0 Å². The van der Waals surface area contributed by atoms with E-state index in [1.54, 1.807) is 6.20 Å². The summed E-state index contributed by atoms with van der Waals surface area (Å²) in [5, 5.41) is 8.78. The highest BCUT2D eigenvalue weighted by Gasteiger charge is 2.34. The van der Waals surface area contributed by atoms with Gasteiger partial charge in [-0.3, -0.25) is 14.4 Å². The molecule has 6 heteroatoms. The summed E-state index contributed by atoms with van der Waals surface area (Å²) in [5.74, 6) is 0.0944. The number of carbonyl (C=O) groups excluding carboxylic acids is 1. The van der Waals surface area contributed by atoms with Crippen LogP contribution < -0.4 is 5.32 Å². The Hall–Kier alpha value is -2.60. The Labute approximate surface area is 145 Å². The lowest BCUT2D eigenvalue weighted by Gasteiger charge is -2.33. The van der Waals surface area contributed by atoms with Gasteiger partial charge < -0.3 is 10.3 Å². The van der Waals surface area contributed by atoms with Crippen LogP contribution in [0.2, 0.25) is 0 Å². The van der Waals surface area contributed by atoms with Crippen molar-refractivity contribution in [2.45, 2.75) is 38.0 Å². The van der Waals surface area contributed by atoms with E-state index >= 15 is 0 Å². The molecule has 25 heavy (non-hydrogen) atoms. The van der Waals surface area contributed by atoms with Gasteiger partial charge in [-0.05, 0) is 36.6 Å². The fraction of sp³-hybridized carbons (Fsp3) is 0.368. The van der Waals surface area contributed by atoms with Gasteiger partial charge in [0, 0.05) is 49.0 Å². The molecule has 0 unspecified atom stereocenters. The maximum Gasteiger partial charge on any atom is 0.246 e. The number of benzene rings is 1. The van der Waals surface area contributed by atoms with Crippen molar-refractivity contribution in [2.75, 3.05) is 6.54 Å². The monoisotopic (exact) mass is 335 g/mol. The van der Waals surface area contributed by atoms with Crippen LogP contribution in [0.3, 0.4) is 0 Å². The first kappa shape index (κ1) is 14.7. The van der Waals surface area contributed by atoms with Gasteiger partial charge in [-0.15, -0.1) is 0 Å². The van der Waals surface area contributed by atoms with Crippen LogP contribution in [-0.4, -0.2) is 38.2 Å². The number of nitrogens with zero attached hydrogens (tertiary/aromatic N) is 3. The second-order valence-corrected chi connectivity index (χ2v) is 7.09. The van der Waals surface area contributed by atoms with Crippen molar-refractivity contribution >= 4 is 16.8 Å². The Morgan fingerprint density at radius 3 is 3.08 bits per heavy atom. The molecule has 2 N–H and O–H groups in total. The lowest BCUT2D eigenvalue weighted by atomic mass is 10.1. The van der Waals surface area contributed by atoms with E-state index in [2.05, 4.69) is 44.6 Å². The van der Waals surface area contributed by atoms with Gasteiger partial charge in [0.1, 0.15) is 6.04 Å². The number of aromatic amines is 1. The lowest BCUT2D eigenvalue weighted by molar-refractivity contribution is -0.126. The fourth-order valence-electron chi connectivity index (χ4n) is 3.73. The SMILES string of the molecule is O=C(NC1CC1)[C@@H]1CN(Cc2cccc3[nH]ccc23)Cc2ccnn21. The number of hydrogen-bond donors (Lipinski definition) is 2. The minimum Gasteiger partial charge on any atom is -0.361 e. The standard InChI is InChI=1S/C19H21N5O/c25-19(22-14-4-5-14)18-12-23(11-15-6-9-21-24(15)18)10-13-2-1-3-17-16(13)7-8-20-17/h1-3,6-9,14,18,20H,4-5,10-12H2,(H,22,25)/t18-/m0/s1. The third kappa shape index (κ3) is 2.72. The lowest BCUT2D eigenvalue weighted by Crippen LogP contribution is -2.45. The van der Waals surface area contributed by atoms with Crippen LogP contribution in [0.1, 0.15) is 30.1 Å². The summed E-state index contributed by atoms with van der Waals surface area (Å²) >= 11 is 0. The summed E-state index contributed by atoms with van der Waals surface area (Å²) < 4.78 is 1.89. The number of amides is 1. The first-order valence-corrected chi connectivity index (χ1v) is 8.88. The van der Waals surface area contributed by atoms with E-state index in [4.69, 9.17) is 0 Å². The van der Waals surface area contributed by atoms with Gasteiger partial charge in [-0.2, -0.15) is 5.10 Å². The predicted octanol–water partition coefficient (Wildman–Crippen LogP) is 2.20. The van der Waals surface area contributed by atoms with Gasteiger partial charge in [-0.25, -0.2) is 0 Å². The molecule has 1 fully saturated rings. The molecule has 1 saturated carbocycles. The molecule has 0 radical (unpaired) electrons. The molecule has 1 aliphatic heterocycles. The van der Waals surface area contributed by atoms with Crippen molar-refractivity contribution in [2.24, 2.45) is 0 Å². The topological polar surface area (TPSA) is 66.0 Å². The molecule has 2 aromatic heterocycles. The largest absolute Gasteiger partial charge is 0.361 e. The van der Waals surface area contributed by atoms with Crippen LogP contribution in [0, 0.1) is 0 Å². The smallest absolute Gasteiger partial charge is 0.246 e. The third-order valence-electron chi connectivity index (χ3n) is 5.17. The molecule has 1 atom stereocenters. The van der Waals surface area contributed by atoms with Gasteiger partial charge in [-0.1, -0.05) is 12.1 Å². The van der Waals surface area contributed by atoms with Crippen molar-refractivity contribution in [1.82, 2.24) is 25.0 Å². The summed E-state index contributed by atoms with van der Waals surface area (Å²) in [6.07, 6.45) is 5.97. The normalized spacial score (nSPS) is 20.6. The van der Waals surface area contributed by atoms with Gasteiger partial charge in [0.05, 0.1) is 5.69 Å². The molecule has 2 aliphatic rings. The third-order valence-corrected chi connectivity index (χ3v) is 5.17. The molecule has 1 amide bonds. The number of carbonyl (C=O) groups is 1. The van der Waals surface area contributed by atoms with Gasteiger partial charge in [0.15, 0.2) is 0 Å². The molecule has 0 spiro atoms. The van der Waals surface area contributed by atoms with Crippen molar-refractivity contribution in [3.05, 3.63) is 54.0 Å². The number of nitrogens with one attached hydrogen (secondary N) is 2. The molecule has 0 saturated heterocycles. The van der Waals surface area contributed by atoms with Crippen molar-refractivity contribution < 1.29 is 4.79 Å². The summed E-state index contributed by atoms with van der Waals surface area (Å²) in [4.78, 5) is 18.3. The summed E-state index contributed by atoms with van der Waals surface area (Å²) in [6.45, 7) is 2.33. The van der Waals surface area contributed by atoms with Crippen LogP contribution in [0.15, 0.2) is 42.7 Å². The highest BCUT2D eigenvalue weighted by molar-refractivity contribution is 5.83. The molecule has 3 heterocycles. The summed E-state index contributed by atoms with van der Waals surface area (Å²) in [6, 6.07) is 10.6.